The molecule has 0 aliphatic carbocycles. The molecule has 0 radical (unpaired) electrons. The number of hydrogen-bond acceptors (Lipinski definition) is 4. The Morgan fingerprint density at radius 3 is 2.23 bits per heavy atom. The lowest BCUT2D eigenvalue weighted by atomic mass is 10.2. The van der Waals surface area contributed by atoms with Crippen LogP contribution in [0.25, 0.3) is 10.9 Å². The van der Waals surface area contributed by atoms with Gasteiger partial charge in [-0.05, 0) is 24.3 Å². The van der Waals surface area contributed by atoms with Crippen LogP contribution in [-0.4, -0.2) is 36.1 Å². The van der Waals surface area contributed by atoms with E-state index in [1.807, 2.05) is 41.3 Å². The number of piperazine rings is 1. The lowest BCUT2D eigenvalue weighted by Crippen LogP contribution is -2.47. The van der Waals surface area contributed by atoms with Crippen molar-refractivity contribution in [2.45, 2.75) is 6.43 Å². The van der Waals surface area contributed by atoms with Gasteiger partial charge in [0, 0.05) is 31.6 Å². The first kappa shape index (κ1) is 17.0. The molecule has 4 rings (SSSR count). The maximum absolute atomic E-state index is 13.2. The van der Waals surface area contributed by atoms with Crippen LogP contribution in [0.15, 0.2) is 48.5 Å². The summed E-state index contributed by atoms with van der Waals surface area (Å²) < 4.78 is 26.4. The molecule has 0 atom stereocenters. The van der Waals surface area contributed by atoms with Crippen LogP contribution in [0.5, 0.6) is 0 Å². The van der Waals surface area contributed by atoms with Gasteiger partial charge in [-0.15, -0.1) is 0 Å². The molecule has 0 spiro atoms. The van der Waals surface area contributed by atoms with Crippen LogP contribution < -0.4 is 9.80 Å². The third-order valence-corrected chi connectivity index (χ3v) is 4.89. The highest BCUT2D eigenvalue weighted by atomic mass is 35.5. The van der Waals surface area contributed by atoms with E-state index in [1.54, 1.807) is 12.1 Å². The minimum Gasteiger partial charge on any atom is -0.367 e. The minimum atomic E-state index is -2.69. The molecule has 0 amide bonds. The van der Waals surface area contributed by atoms with Gasteiger partial charge in [0.15, 0.2) is 5.82 Å². The summed E-state index contributed by atoms with van der Waals surface area (Å²) in [7, 11) is 0. The van der Waals surface area contributed by atoms with Crippen molar-refractivity contribution in [2.75, 3.05) is 36.0 Å². The molecule has 0 N–H and O–H groups in total. The van der Waals surface area contributed by atoms with E-state index in [0.717, 1.165) is 24.2 Å². The van der Waals surface area contributed by atoms with Crippen LogP contribution in [0.4, 0.5) is 20.3 Å². The lowest BCUT2D eigenvalue weighted by Gasteiger charge is -2.37. The molecule has 2 heterocycles. The van der Waals surface area contributed by atoms with Gasteiger partial charge in [-0.2, -0.15) is 0 Å². The molecule has 1 fully saturated rings. The molecule has 0 unspecified atom stereocenters. The standard InChI is InChI=1S/C19H17ClF2N4/c20-14-6-2-4-8-16(14)25-9-11-26(12-10-25)19-13-5-1-3-7-15(13)23-18(24-19)17(21)22/h1-8,17H,9-12H2. The van der Waals surface area contributed by atoms with Crippen LogP contribution in [-0.2, 0) is 0 Å². The number of alkyl halides is 2. The largest absolute Gasteiger partial charge is 0.367 e. The average molecular weight is 375 g/mol. The summed E-state index contributed by atoms with van der Waals surface area (Å²) in [6, 6.07) is 15.0. The molecule has 26 heavy (non-hydrogen) atoms. The fraction of sp³-hybridized carbons (Fsp3) is 0.263. The second-order valence-corrected chi connectivity index (χ2v) is 6.56. The fourth-order valence-electron chi connectivity index (χ4n) is 3.28. The normalized spacial score (nSPS) is 15.1. The molecular formula is C19H17ClF2N4. The Morgan fingerprint density at radius 1 is 0.846 bits per heavy atom. The number of anilines is 2. The van der Waals surface area contributed by atoms with Crippen molar-refractivity contribution in [3.8, 4) is 0 Å². The van der Waals surface area contributed by atoms with Crippen molar-refractivity contribution < 1.29 is 8.78 Å². The number of fused-ring (bicyclic) bond motifs is 1. The number of hydrogen-bond donors (Lipinski definition) is 0. The highest BCUT2D eigenvalue weighted by molar-refractivity contribution is 6.33. The van der Waals surface area contributed by atoms with Crippen LogP contribution in [0.2, 0.25) is 5.02 Å². The van der Waals surface area contributed by atoms with Crippen LogP contribution >= 0.6 is 11.6 Å². The first-order chi connectivity index (χ1) is 12.6. The molecule has 4 nitrogen and oxygen atoms in total. The summed E-state index contributed by atoms with van der Waals surface area (Å²) in [6.07, 6.45) is -2.69. The highest BCUT2D eigenvalue weighted by Gasteiger charge is 2.23. The van der Waals surface area contributed by atoms with E-state index in [0.29, 0.717) is 29.4 Å². The van der Waals surface area contributed by atoms with Gasteiger partial charge in [0.25, 0.3) is 6.43 Å². The van der Waals surface area contributed by atoms with Gasteiger partial charge in [-0.1, -0.05) is 35.9 Å². The zero-order valence-electron chi connectivity index (χ0n) is 13.9. The number of rotatable bonds is 3. The predicted molar refractivity (Wildman–Crippen MR) is 100 cm³/mol. The summed E-state index contributed by atoms with van der Waals surface area (Å²) in [4.78, 5) is 12.4. The maximum atomic E-state index is 13.2. The molecule has 0 saturated carbocycles. The van der Waals surface area contributed by atoms with Gasteiger partial charge in [0.1, 0.15) is 5.82 Å². The van der Waals surface area contributed by atoms with E-state index in [9.17, 15) is 8.78 Å². The quantitative estimate of drug-likeness (QED) is 0.673. The number of para-hydroxylation sites is 2. The van der Waals surface area contributed by atoms with E-state index in [-0.39, 0.29) is 0 Å². The topological polar surface area (TPSA) is 32.3 Å². The Kier molecular flexibility index (Phi) is 4.59. The summed E-state index contributed by atoms with van der Waals surface area (Å²) in [5.74, 6) is 0.150. The van der Waals surface area contributed by atoms with Gasteiger partial charge in [-0.3, -0.25) is 0 Å². The molecular weight excluding hydrogens is 358 g/mol. The maximum Gasteiger partial charge on any atom is 0.297 e. The van der Waals surface area contributed by atoms with E-state index in [4.69, 9.17) is 11.6 Å². The summed E-state index contributed by atoms with van der Waals surface area (Å²) in [5.41, 5.74) is 1.54. The third-order valence-electron chi connectivity index (χ3n) is 4.57. The fourth-order valence-corrected chi connectivity index (χ4v) is 3.54. The second kappa shape index (κ2) is 7.03. The molecule has 2 aromatic carbocycles. The number of halogens is 3. The Morgan fingerprint density at radius 2 is 1.50 bits per heavy atom. The molecule has 1 aliphatic rings. The molecule has 7 heteroatoms. The van der Waals surface area contributed by atoms with E-state index < -0.39 is 12.2 Å². The van der Waals surface area contributed by atoms with Crippen molar-refractivity contribution in [3.05, 3.63) is 59.4 Å². The molecule has 3 aromatic rings. The summed E-state index contributed by atoms with van der Waals surface area (Å²) in [6.45, 7) is 2.84. The molecule has 1 aromatic heterocycles. The molecule has 1 saturated heterocycles. The van der Waals surface area contributed by atoms with Gasteiger partial charge in [0.2, 0.25) is 0 Å². The Hall–Kier alpha value is -2.47. The first-order valence-corrected chi connectivity index (χ1v) is 8.80. The monoisotopic (exact) mass is 374 g/mol. The Balaban J connectivity index is 1.62. The van der Waals surface area contributed by atoms with Gasteiger partial charge in [-0.25, -0.2) is 18.7 Å². The smallest absolute Gasteiger partial charge is 0.297 e. The van der Waals surface area contributed by atoms with Gasteiger partial charge in [0.05, 0.1) is 16.2 Å². The minimum absolute atomic E-state index is 0.424. The summed E-state index contributed by atoms with van der Waals surface area (Å²) in [5, 5.41) is 1.51. The molecule has 134 valence electrons. The number of benzene rings is 2. The lowest BCUT2D eigenvalue weighted by molar-refractivity contribution is 0.141. The zero-order valence-corrected chi connectivity index (χ0v) is 14.7. The molecule has 1 aliphatic heterocycles. The average Bonchev–Trinajstić information content (AvgIpc) is 2.67. The SMILES string of the molecule is FC(F)c1nc(N2CCN(c3ccccc3Cl)CC2)c2ccccc2n1. The van der Waals surface area contributed by atoms with Gasteiger partial charge < -0.3 is 9.80 Å². The van der Waals surface area contributed by atoms with Gasteiger partial charge >= 0.3 is 0 Å². The van der Waals surface area contributed by atoms with E-state index in [1.165, 1.54) is 0 Å². The van der Waals surface area contributed by atoms with Crippen molar-refractivity contribution in [1.29, 1.82) is 0 Å². The first-order valence-electron chi connectivity index (χ1n) is 8.43. The number of nitrogens with zero attached hydrogens (tertiary/aromatic N) is 4. The van der Waals surface area contributed by atoms with Crippen LogP contribution in [0.1, 0.15) is 12.2 Å². The van der Waals surface area contributed by atoms with Crippen molar-refractivity contribution in [1.82, 2.24) is 9.97 Å². The van der Waals surface area contributed by atoms with E-state index in [2.05, 4.69) is 14.9 Å². The highest BCUT2D eigenvalue weighted by Crippen LogP contribution is 2.30. The second-order valence-electron chi connectivity index (χ2n) is 6.15. The van der Waals surface area contributed by atoms with Crippen molar-refractivity contribution >= 4 is 34.0 Å². The summed E-state index contributed by atoms with van der Waals surface area (Å²) >= 11 is 6.29. The number of aromatic nitrogens is 2. The van der Waals surface area contributed by atoms with E-state index >= 15 is 0 Å². The Bertz CT molecular complexity index is 926. The van der Waals surface area contributed by atoms with Crippen LogP contribution in [0.3, 0.4) is 0 Å². The Labute approximate surface area is 155 Å². The van der Waals surface area contributed by atoms with Crippen LogP contribution in [0, 0.1) is 0 Å². The predicted octanol–water partition coefficient (Wildman–Crippen LogP) is 4.55. The van der Waals surface area contributed by atoms with Crippen molar-refractivity contribution in [3.63, 3.8) is 0 Å². The van der Waals surface area contributed by atoms with Crippen molar-refractivity contribution in [2.24, 2.45) is 0 Å². The third kappa shape index (κ3) is 3.17. The zero-order chi connectivity index (χ0) is 18.1. The molecule has 0 bridgehead atoms.